The summed E-state index contributed by atoms with van der Waals surface area (Å²) in [5, 5.41) is 16.2. The zero-order valence-electron chi connectivity index (χ0n) is 39.6. The molecule has 0 fully saturated rings. The highest BCUT2D eigenvalue weighted by Gasteiger charge is 2.15. The Balaban J connectivity index is 4.51. The minimum Gasteiger partial charge on any atom is -0.466 e. The standard InChI is InChI=1S/C50H99N3O6/c1-5-8-11-14-17-18-19-23-29-39-48(55)58-44-35-26-34-43-53(45-46(54)36-31-32-41-52-50(57)51-4)42-33-25-20-24-30-40-49(56)59-47(37-27-21-15-12-9-6-2)38-28-22-16-13-10-7-3/h46-47,54H,5-45H2,1-4H3,(H2,51,52,57). The van der Waals surface area contributed by atoms with Crippen LogP contribution in [0.2, 0.25) is 0 Å². The van der Waals surface area contributed by atoms with Gasteiger partial charge < -0.3 is 30.1 Å². The first kappa shape index (κ1) is 57.1. The summed E-state index contributed by atoms with van der Waals surface area (Å²) in [6, 6.07) is -0.170. The van der Waals surface area contributed by atoms with E-state index in [9.17, 15) is 19.5 Å². The van der Waals surface area contributed by atoms with Crippen LogP contribution in [0.1, 0.15) is 252 Å². The molecule has 0 aliphatic heterocycles. The fourth-order valence-electron chi connectivity index (χ4n) is 7.88. The summed E-state index contributed by atoms with van der Waals surface area (Å²) in [7, 11) is 1.61. The Labute approximate surface area is 365 Å². The first-order valence-corrected chi connectivity index (χ1v) is 25.6. The molecule has 9 nitrogen and oxygen atoms in total. The molecule has 0 aliphatic rings. The van der Waals surface area contributed by atoms with E-state index in [-0.39, 0.29) is 24.1 Å². The Hall–Kier alpha value is -1.87. The van der Waals surface area contributed by atoms with Crippen LogP contribution in [0.5, 0.6) is 0 Å². The van der Waals surface area contributed by atoms with Crippen LogP contribution in [0, 0.1) is 0 Å². The summed E-state index contributed by atoms with van der Waals surface area (Å²) >= 11 is 0. The molecule has 3 N–H and O–H groups in total. The van der Waals surface area contributed by atoms with Crippen molar-refractivity contribution in [3.05, 3.63) is 0 Å². The summed E-state index contributed by atoms with van der Waals surface area (Å²) in [5.41, 5.74) is 0. The van der Waals surface area contributed by atoms with E-state index in [1.165, 1.54) is 109 Å². The number of urea groups is 1. The number of unbranched alkanes of at least 4 members (excludes halogenated alkanes) is 25. The molecule has 0 rings (SSSR count). The van der Waals surface area contributed by atoms with E-state index in [0.29, 0.717) is 32.5 Å². The second-order valence-corrected chi connectivity index (χ2v) is 17.6. The second-order valence-electron chi connectivity index (χ2n) is 17.6. The van der Waals surface area contributed by atoms with Crippen LogP contribution in [-0.4, -0.2) is 80.0 Å². The number of nitrogens with zero attached hydrogens (tertiary/aromatic N) is 1. The first-order valence-electron chi connectivity index (χ1n) is 25.6. The van der Waals surface area contributed by atoms with Crippen molar-refractivity contribution >= 4 is 18.0 Å². The van der Waals surface area contributed by atoms with Crippen molar-refractivity contribution in [2.24, 2.45) is 0 Å². The normalized spacial score (nSPS) is 12.0. The lowest BCUT2D eigenvalue weighted by Gasteiger charge is -2.25. The predicted molar refractivity (Wildman–Crippen MR) is 249 cm³/mol. The number of hydrogen-bond acceptors (Lipinski definition) is 7. The molecule has 0 aliphatic carbocycles. The average Bonchev–Trinajstić information content (AvgIpc) is 3.22. The van der Waals surface area contributed by atoms with Crippen LogP contribution >= 0.6 is 0 Å². The SMILES string of the molecule is CCCCCCCCCCCC(=O)OCCCCCN(CCCCCCCC(=O)OC(CCCCCCCC)CCCCCCCC)CC(O)CCCCNC(=O)NC. The van der Waals surface area contributed by atoms with Crippen LogP contribution in [0.15, 0.2) is 0 Å². The fourth-order valence-corrected chi connectivity index (χ4v) is 7.88. The molecule has 0 aromatic carbocycles. The predicted octanol–water partition coefficient (Wildman–Crippen LogP) is 13.1. The Morgan fingerprint density at radius 1 is 0.508 bits per heavy atom. The maximum Gasteiger partial charge on any atom is 0.314 e. The molecule has 9 heteroatoms. The molecule has 0 bridgehead atoms. The molecule has 0 aromatic rings. The first-order chi connectivity index (χ1) is 28.9. The summed E-state index contributed by atoms with van der Waals surface area (Å²) in [5.74, 6) is -0.0681. The van der Waals surface area contributed by atoms with Crippen molar-refractivity contribution in [2.75, 3.05) is 39.8 Å². The molecule has 0 spiro atoms. The lowest BCUT2D eigenvalue weighted by atomic mass is 10.0. The molecule has 0 aromatic heterocycles. The Morgan fingerprint density at radius 2 is 0.932 bits per heavy atom. The van der Waals surface area contributed by atoms with E-state index in [0.717, 1.165) is 122 Å². The minimum absolute atomic E-state index is 0.00916. The van der Waals surface area contributed by atoms with E-state index in [4.69, 9.17) is 9.47 Å². The van der Waals surface area contributed by atoms with Gasteiger partial charge in [-0.25, -0.2) is 4.79 Å². The molecular formula is C50H99N3O6. The molecule has 59 heavy (non-hydrogen) atoms. The lowest BCUT2D eigenvalue weighted by molar-refractivity contribution is -0.150. The lowest BCUT2D eigenvalue weighted by Crippen LogP contribution is -2.35. The summed E-state index contributed by atoms with van der Waals surface area (Å²) < 4.78 is 11.6. The van der Waals surface area contributed by atoms with Gasteiger partial charge in [0.05, 0.1) is 12.7 Å². The molecule has 0 heterocycles. The maximum atomic E-state index is 12.8. The van der Waals surface area contributed by atoms with Crippen molar-refractivity contribution in [1.29, 1.82) is 0 Å². The van der Waals surface area contributed by atoms with Gasteiger partial charge in [0.1, 0.15) is 6.10 Å². The topological polar surface area (TPSA) is 117 Å². The van der Waals surface area contributed by atoms with E-state index >= 15 is 0 Å². The van der Waals surface area contributed by atoms with Gasteiger partial charge in [-0.3, -0.25) is 9.59 Å². The number of amides is 2. The van der Waals surface area contributed by atoms with Gasteiger partial charge >= 0.3 is 18.0 Å². The number of carbonyl (C=O) groups excluding carboxylic acids is 3. The summed E-state index contributed by atoms with van der Waals surface area (Å²) in [6.07, 6.45) is 39.7. The smallest absolute Gasteiger partial charge is 0.314 e. The number of hydrogen-bond donors (Lipinski definition) is 3. The van der Waals surface area contributed by atoms with E-state index in [1.807, 2.05) is 0 Å². The Morgan fingerprint density at radius 3 is 1.44 bits per heavy atom. The fraction of sp³-hybridized carbons (Fsp3) is 0.940. The van der Waals surface area contributed by atoms with Crippen LogP contribution in [-0.2, 0) is 19.1 Å². The van der Waals surface area contributed by atoms with Crippen molar-refractivity contribution in [2.45, 2.75) is 264 Å². The van der Waals surface area contributed by atoms with Crippen LogP contribution in [0.25, 0.3) is 0 Å². The third-order valence-corrected chi connectivity index (χ3v) is 11.7. The van der Waals surface area contributed by atoms with E-state index in [1.54, 1.807) is 7.05 Å². The van der Waals surface area contributed by atoms with Gasteiger partial charge in [-0.05, 0) is 96.6 Å². The van der Waals surface area contributed by atoms with Crippen molar-refractivity contribution in [1.82, 2.24) is 15.5 Å². The molecular weight excluding hydrogens is 739 g/mol. The van der Waals surface area contributed by atoms with E-state index in [2.05, 4.69) is 36.3 Å². The van der Waals surface area contributed by atoms with Gasteiger partial charge in [-0.1, -0.05) is 156 Å². The number of carbonyl (C=O) groups is 3. The highest BCUT2D eigenvalue weighted by molar-refractivity contribution is 5.73. The summed E-state index contributed by atoms with van der Waals surface area (Å²) in [6.45, 7) is 10.4. The van der Waals surface area contributed by atoms with Gasteiger partial charge in [0.15, 0.2) is 0 Å². The van der Waals surface area contributed by atoms with Crippen molar-refractivity contribution in [3.8, 4) is 0 Å². The molecule has 350 valence electrons. The molecule has 2 amide bonds. The second kappa shape index (κ2) is 45.7. The van der Waals surface area contributed by atoms with Gasteiger partial charge in [-0.2, -0.15) is 0 Å². The van der Waals surface area contributed by atoms with Crippen LogP contribution in [0.3, 0.4) is 0 Å². The van der Waals surface area contributed by atoms with Crippen LogP contribution < -0.4 is 10.6 Å². The highest BCUT2D eigenvalue weighted by atomic mass is 16.5. The maximum absolute atomic E-state index is 12.8. The average molecular weight is 838 g/mol. The Kier molecular flexibility index (Phi) is 44.2. The Bertz CT molecular complexity index is 905. The van der Waals surface area contributed by atoms with Crippen LogP contribution in [0.4, 0.5) is 4.79 Å². The zero-order chi connectivity index (χ0) is 43.3. The van der Waals surface area contributed by atoms with Gasteiger partial charge in [0.25, 0.3) is 0 Å². The number of rotatable bonds is 46. The third-order valence-electron chi connectivity index (χ3n) is 11.7. The summed E-state index contributed by atoms with van der Waals surface area (Å²) in [4.78, 5) is 38.9. The van der Waals surface area contributed by atoms with Crippen molar-refractivity contribution < 1.29 is 29.0 Å². The molecule has 0 saturated carbocycles. The zero-order valence-corrected chi connectivity index (χ0v) is 39.6. The molecule has 1 unspecified atom stereocenters. The van der Waals surface area contributed by atoms with Gasteiger partial charge in [0.2, 0.25) is 0 Å². The third kappa shape index (κ3) is 42.6. The highest BCUT2D eigenvalue weighted by Crippen LogP contribution is 2.19. The monoisotopic (exact) mass is 838 g/mol. The number of esters is 2. The number of aliphatic hydroxyl groups is 1. The molecule has 0 radical (unpaired) electrons. The van der Waals surface area contributed by atoms with Gasteiger partial charge in [0, 0.05) is 33.0 Å². The van der Waals surface area contributed by atoms with E-state index < -0.39 is 6.10 Å². The number of aliphatic hydroxyl groups excluding tert-OH is 1. The quantitative estimate of drug-likeness (QED) is 0.0413. The molecule has 1 atom stereocenters. The number of ether oxygens (including phenoxy) is 2. The minimum atomic E-state index is -0.394. The molecule has 0 saturated heterocycles. The van der Waals surface area contributed by atoms with Gasteiger partial charge in [-0.15, -0.1) is 0 Å². The largest absolute Gasteiger partial charge is 0.466 e. The van der Waals surface area contributed by atoms with Crippen molar-refractivity contribution in [3.63, 3.8) is 0 Å². The number of nitrogens with one attached hydrogen (secondary N) is 2.